The van der Waals surface area contributed by atoms with E-state index in [0.717, 1.165) is 0 Å². The zero-order chi connectivity index (χ0) is 15.0. The Hall–Kier alpha value is -1.76. The van der Waals surface area contributed by atoms with Crippen molar-refractivity contribution in [1.82, 2.24) is 0 Å². The molecular weight excluding hydrogens is 242 g/mol. The van der Waals surface area contributed by atoms with Gasteiger partial charge in [-0.2, -0.15) is 0 Å². The average Bonchev–Trinajstić information content (AvgIpc) is 2.39. The van der Waals surface area contributed by atoms with Gasteiger partial charge in [-0.05, 0) is 81.0 Å². The first kappa shape index (κ1) is 14.6. The Morgan fingerprint density at radius 2 is 1.25 bits per heavy atom. The lowest BCUT2D eigenvalue weighted by molar-refractivity contribution is 1.11. The van der Waals surface area contributed by atoms with Crippen molar-refractivity contribution < 1.29 is 0 Å². The van der Waals surface area contributed by atoms with Crippen molar-refractivity contribution in [3.63, 3.8) is 0 Å². The van der Waals surface area contributed by atoms with Gasteiger partial charge in [0.05, 0.1) is 0 Å². The maximum absolute atomic E-state index is 2.34. The summed E-state index contributed by atoms with van der Waals surface area (Å²) in [5.74, 6) is 0. The van der Waals surface area contributed by atoms with Crippen LogP contribution in [0.4, 0.5) is 11.4 Å². The number of hydrogen-bond donors (Lipinski definition) is 0. The lowest BCUT2D eigenvalue weighted by atomic mass is 9.97. The van der Waals surface area contributed by atoms with E-state index >= 15 is 0 Å². The Balaban J connectivity index is 2.65. The van der Waals surface area contributed by atoms with Crippen molar-refractivity contribution in [2.75, 3.05) is 11.9 Å². The molecule has 0 atom stereocenters. The van der Waals surface area contributed by atoms with E-state index in [9.17, 15) is 0 Å². The first-order valence-electron chi connectivity index (χ1n) is 7.21. The number of benzene rings is 2. The maximum Gasteiger partial charge on any atom is 0.0472 e. The van der Waals surface area contributed by atoms with Crippen molar-refractivity contribution in [2.24, 2.45) is 0 Å². The van der Waals surface area contributed by atoms with Crippen molar-refractivity contribution in [2.45, 2.75) is 41.5 Å². The molecule has 1 heteroatoms. The van der Waals surface area contributed by atoms with E-state index in [1.165, 1.54) is 44.8 Å². The fourth-order valence-electron chi connectivity index (χ4n) is 2.90. The van der Waals surface area contributed by atoms with Crippen LogP contribution in [0.3, 0.4) is 0 Å². The van der Waals surface area contributed by atoms with Gasteiger partial charge in [0.25, 0.3) is 0 Å². The Labute approximate surface area is 123 Å². The molecule has 0 amide bonds. The molecule has 0 bridgehead atoms. The lowest BCUT2D eigenvalue weighted by Crippen LogP contribution is -2.15. The van der Waals surface area contributed by atoms with Gasteiger partial charge < -0.3 is 4.90 Å². The third-order valence-electron chi connectivity index (χ3n) is 4.39. The van der Waals surface area contributed by atoms with E-state index in [4.69, 9.17) is 0 Å². The Bertz CT molecular complexity index is 627. The van der Waals surface area contributed by atoms with Crippen molar-refractivity contribution in [3.05, 3.63) is 57.6 Å². The molecule has 106 valence electrons. The molecule has 0 N–H and O–H groups in total. The van der Waals surface area contributed by atoms with E-state index in [-0.39, 0.29) is 0 Å². The summed E-state index contributed by atoms with van der Waals surface area (Å²) in [4.78, 5) is 2.34. The van der Waals surface area contributed by atoms with E-state index in [0.29, 0.717) is 0 Å². The summed E-state index contributed by atoms with van der Waals surface area (Å²) >= 11 is 0. The van der Waals surface area contributed by atoms with Gasteiger partial charge in [-0.15, -0.1) is 0 Å². The standard InChI is InChI=1S/C19H25N/c1-12-8-9-13(2)18(10-12)20(7)19-16(5)14(3)11-15(4)17(19)6/h8-11H,1-7H3. The monoisotopic (exact) mass is 267 g/mol. The smallest absolute Gasteiger partial charge is 0.0472 e. The summed E-state index contributed by atoms with van der Waals surface area (Å²) in [5.41, 5.74) is 10.7. The SMILES string of the molecule is Cc1ccc(C)c(N(C)c2c(C)c(C)cc(C)c2C)c1. The minimum absolute atomic E-state index is 1.29. The Morgan fingerprint density at radius 3 is 1.80 bits per heavy atom. The molecule has 0 aromatic heterocycles. The largest absolute Gasteiger partial charge is 0.344 e. The van der Waals surface area contributed by atoms with Gasteiger partial charge >= 0.3 is 0 Å². The van der Waals surface area contributed by atoms with Crippen LogP contribution in [-0.4, -0.2) is 7.05 Å². The summed E-state index contributed by atoms with van der Waals surface area (Å²) in [6, 6.07) is 8.93. The summed E-state index contributed by atoms with van der Waals surface area (Å²) in [5, 5.41) is 0. The molecule has 0 saturated heterocycles. The normalized spacial score (nSPS) is 10.8. The molecule has 0 aliphatic carbocycles. The van der Waals surface area contributed by atoms with Crippen LogP contribution in [-0.2, 0) is 0 Å². The van der Waals surface area contributed by atoms with Crippen LogP contribution in [0.5, 0.6) is 0 Å². The molecule has 0 aliphatic rings. The summed E-state index contributed by atoms with van der Waals surface area (Å²) in [6.45, 7) is 13.2. The molecule has 0 aliphatic heterocycles. The molecule has 0 fully saturated rings. The molecule has 0 spiro atoms. The highest BCUT2D eigenvalue weighted by Crippen LogP contribution is 2.35. The van der Waals surface area contributed by atoms with Gasteiger partial charge in [0.1, 0.15) is 0 Å². The summed E-state index contributed by atoms with van der Waals surface area (Å²) < 4.78 is 0. The molecule has 1 nitrogen and oxygen atoms in total. The topological polar surface area (TPSA) is 3.24 Å². The van der Waals surface area contributed by atoms with Gasteiger partial charge in [0.15, 0.2) is 0 Å². The second-order valence-corrected chi connectivity index (χ2v) is 5.96. The quantitative estimate of drug-likeness (QED) is 0.713. The van der Waals surface area contributed by atoms with Crippen molar-refractivity contribution in [3.8, 4) is 0 Å². The minimum Gasteiger partial charge on any atom is -0.344 e. The van der Waals surface area contributed by atoms with Crippen LogP contribution in [0.15, 0.2) is 24.3 Å². The molecule has 0 saturated carbocycles. The van der Waals surface area contributed by atoms with Gasteiger partial charge in [-0.3, -0.25) is 0 Å². The van der Waals surface area contributed by atoms with E-state index in [2.05, 4.69) is 77.8 Å². The summed E-state index contributed by atoms with van der Waals surface area (Å²) in [7, 11) is 2.18. The number of nitrogens with zero attached hydrogens (tertiary/aromatic N) is 1. The molecule has 0 unspecified atom stereocenters. The van der Waals surface area contributed by atoms with Crippen LogP contribution >= 0.6 is 0 Å². The van der Waals surface area contributed by atoms with Gasteiger partial charge in [0.2, 0.25) is 0 Å². The van der Waals surface area contributed by atoms with E-state index in [1.54, 1.807) is 0 Å². The molecular formula is C19H25N. The third kappa shape index (κ3) is 2.45. The highest BCUT2D eigenvalue weighted by molar-refractivity contribution is 5.73. The zero-order valence-corrected chi connectivity index (χ0v) is 13.8. The number of anilines is 2. The van der Waals surface area contributed by atoms with Gasteiger partial charge in [-0.1, -0.05) is 18.2 Å². The highest BCUT2D eigenvalue weighted by atomic mass is 15.1. The molecule has 2 aromatic rings. The highest BCUT2D eigenvalue weighted by Gasteiger charge is 2.15. The average molecular weight is 267 g/mol. The third-order valence-corrected chi connectivity index (χ3v) is 4.39. The second kappa shape index (κ2) is 5.32. The first-order chi connectivity index (χ1) is 9.32. The predicted molar refractivity (Wildman–Crippen MR) is 89.4 cm³/mol. The predicted octanol–water partition coefficient (Wildman–Crippen LogP) is 5.31. The molecule has 2 aromatic carbocycles. The summed E-state index contributed by atoms with van der Waals surface area (Å²) in [6.07, 6.45) is 0. The van der Waals surface area contributed by atoms with Crippen LogP contribution < -0.4 is 4.90 Å². The molecule has 0 radical (unpaired) electrons. The number of hydrogen-bond acceptors (Lipinski definition) is 1. The van der Waals surface area contributed by atoms with Crippen LogP contribution in [0, 0.1) is 41.5 Å². The molecule has 20 heavy (non-hydrogen) atoms. The Kier molecular flexibility index (Phi) is 3.89. The van der Waals surface area contributed by atoms with E-state index < -0.39 is 0 Å². The van der Waals surface area contributed by atoms with Crippen LogP contribution in [0.25, 0.3) is 0 Å². The molecule has 0 heterocycles. The van der Waals surface area contributed by atoms with Crippen LogP contribution in [0.2, 0.25) is 0 Å². The number of rotatable bonds is 2. The Morgan fingerprint density at radius 1 is 0.700 bits per heavy atom. The van der Waals surface area contributed by atoms with Crippen molar-refractivity contribution >= 4 is 11.4 Å². The fraction of sp³-hybridized carbons (Fsp3) is 0.368. The lowest BCUT2D eigenvalue weighted by Gasteiger charge is -2.27. The van der Waals surface area contributed by atoms with Gasteiger partial charge in [-0.25, -0.2) is 0 Å². The van der Waals surface area contributed by atoms with Gasteiger partial charge in [0, 0.05) is 18.4 Å². The fourth-order valence-corrected chi connectivity index (χ4v) is 2.90. The number of aryl methyl sites for hydroxylation is 4. The van der Waals surface area contributed by atoms with E-state index in [1.807, 2.05) is 0 Å². The second-order valence-electron chi connectivity index (χ2n) is 5.96. The maximum atomic E-state index is 2.34. The zero-order valence-electron chi connectivity index (χ0n) is 13.8. The molecule has 2 rings (SSSR count). The van der Waals surface area contributed by atoms with Crippen molar-refractivity contribution in [1.29, 1.82) is 0 Å². The minimum atomic E-state index is 1.29. The first-order valence-corrected chi connectivity index (χ1v) is 7.21. The van der Waals surface area contributed by atoms with Crippen LogP contribution in [0.1, 0.15) is 33.4 Å².